The highest BCUT2D eigenvalue weighted by atomic mass is 16.5. The summed E-state index contributed by atoms with van der Waals surface area (Å²) in [4.78, 5) is 11.6. The third-order valence-electron chi connectivity index (χ3n) is 2.55. The second-order valence-electron chi connectivity index (χ2n) is 4.12. The number of hydrogen-bond donors (Lipinski definition) is 1. The number of rotatable bonds is 7. The standard InChI is InChI=1S/C14H21NO3/c1-4-8-18-10-14(16)15-11(2)12-6-5-7-13(9-12)17-3/h5-7,9,11H,4,8,10H2,1-3H3,(H,15,16)/t11-/m0/s1. The van der Waals surface area contributed by atoms with Crippen LogP contribution in [-0.4, -0.2) is 26.2 Å². The van der Waals surface area contributed by atoms with Crippen LogP contribution in [-0.2, 0) is 9.53 Å². The van der Waals surface area contributed by atoms with Crippen molar-refractivity contribution in [3.8, 4) is 5.75 Å². The number of carbonyl (C=O) groups excluding carboxylic acids is 1. The molecule has 0 fully saturated rings. The predicted octanol–water partition coefficient (Wildman–Crippen LogP) is 2.30. The summed E-state index contributed by atoms with van der Waals surface area (Å²) < 4.78 is 10.3. The molecule has 4 heteroatoms. The van der Waals surface area contributed by atoms with Crippen molar-refractivity contribution in [3.63, 3.8) is 0 Å². The van der Waals surface area contributed by atoms with Gasteiger partial charge in [-0.2, -0.15) is 0 Å². The summed E-state index contributed by atoms with van der Waals surface area (Å²) in [7, 11) is 1.63. The molecule has 0 aromatic heterocycles. The Labute approximate surface area is 108 Å². The van der Waals surface area contributed by atoms with Crippen LogP contribution in [0.4, 0.5) is 0 Å². The zero-order chi connectivity index (χ0) is 13.4. The quantitative estimate of drug-likeness (QED) is 0.756. The molecule has 1 atom stereocenters. The van der Waals surface area contributed by atoms with Gasteiger partial charge in [0.2, 0.25) is 5.91 Å². The van der Waals surface area contributed by atoms with Crippen LogP contribution in [0.25, 0.3) is 0 Å². The molecule has 4 nitrogen and oxygen atoms in total. The molecule has 1 N–H and O–H groups in total. The van der Waals surface area contributed by atoms with E-state index in [1.54, 1.807) is 7.11 Å². The number of hydrogen-bond acceptors (Lipinski definition) is 3. The van der Waals surface area contributed by atoms with Gasteiger partial charge in [-0.05, 0) is 31.0 Å². The number of methoxy groups -OCH3 is 1. The molecular formula is C14H21NO3. The fourth-order valence-electron chi connectivity index (χ4n) is 1.59. The largest absolute Gasteiger partial charge is 0.497 e. The molecule has 1 aromatic carbocycles. The van der Waals surface area contributed by atoms with Gasteiger partial charge < -0.3 is 14.8 Å². The van der Waals surface area contributed by atoms with Crippen LogP contribution in [0.15, 0.2) is 24.3 Å². The Morgan fingerprint density at radius 1 is 1.44 bits per heavy atom. The highest BCUT2D eigenvalue weighted by Crippen LogP contribution is 2.18. The molecule has 0 aliphatic heterocycles. The fraction of sp³-hybridized carbons (Fsp3) is 0.500. The molecule has 0 aliphatic carbocycles. The van der Waals surface area contributed by atoms with Crippen molar-refractivity contribution >= 4 is 5.91 Å². The minimum atomic E-state index is -0.0984. The van der Waals surface area contributed by atoms with Crippen LogP contribution in [0, 0.1) is 0 Å². The SMILES string of the molecule is CCCOCC(=O)N[C@@H](C)c1cccc(OC)c1. The molecule has 0 unspecified atom stereocenters. The predicted molar refractivity (Wildman–Crippen MR) is 70.7 cm³/mol. The number of ether oxygens (including phenoxy) is 2. The average Bonchev–Trinajstić information content (AvgIpc) is 2.39. The van der Waals surface area contributed by atoms with Gasteiger partial charge in [-0.1, -0.05) is 19.1 Å². The summed E-state index contributed by atoms with van der Waals surface area (Å²) in [5.74, 6) is 0.689. The van der Waals surface area contributed by atoms with E-state index >= 15 is 0 Å². The van der Waals surface area contributed by atoms with Gasteiger partial charge in [-0.25, -0.2) is 0 Å². The highest BCUT2D eigenvalue weighted by Gasteiger charge is 2.10. The van der Waals surface area contributed by atoms with E-state index in [2.05, 4.69) is 5.32 Å². The van der Waals surface area contributed by atoms with E-state index in [0.29, 0.717) is 6.61 Å². The van der Waals surface area contributed by atoms with Crippen molar-refractivity contribution in [1.29, 1.82) is 0 Å². The van der Waals surface area contributed by atoms with Crippen molar-refractivity contribution in [2.75, 3.05) is 20.3 Å². The first-order valence-corrected chi connectivity index (χ1v) is 6.18. The molecule has 1 amide bonds. The fourth-order valence-corrected chi connectivity index (χ4v) is 1.59. The molecule has 0 spiro atoms. The van der Waals surface area contributed by atoms with E-state index in [1.807, 2.05) is 38.1 Å². The van der Waals surface area contributed by atoms with Crippen LogP contribution in [0.2, 0.25) is 0 Å². The Hall–Kier alpha value is -1.55. The van der Waals surface area contributed by atoms with Crippen LogP contribution < -0.4 is 10.1 Å². The highest BCUT2D eigenvalue weighted by molar-refractivity contribution is 5.77. The van der Waals surface area contributed by atoms with Gasteiger partial charge in [0.1, 0.15) is 12.4 Å². The minimum Gasteiger partial charge on any atom is -0.497 e. The lowest BCUT2D eigenvalue weighted by molar-refractivity contribution is -0.126. The smallest absolute Gasteiger partial charge is 0.246 e. The monoisotopic (exact) mass is 251 g/mol. The number of nitrogens with one attached hydrogen (secondary N) is 1. The molecular weight excluding hydrogens is 230 g/mol. The molecule has 0 radical (unpaired) electrons. The lowest BCUT2D eigenvalue weighted by atomic mass is 10.1. The summed E-state index contributed by atoms with van der Waals surface area (Å²) >= 11 is 0. The van der Waals surface area contributed by atoms with Gasteiger partial charge in [0.15, 0.2) is 0 Å². The molecule has 0 saturated carbocycles. The van der Waals surface area contributed by atoms with Crippen molar-refractivity contribution in [3.05, 3.63) is 29.8 Å². The van der Waals surface area contributed by atoms with E-state index in [0.717, 1.165) is 17.7 Å². The van der Waals surface area contributed by atoms with Gasteiger partial charge in [-0.3, -0.25) is 4.79 Å². The normalized spacial score (nSPS) is 11.9. The first-order chi connectivity index (χ1) is 8.67. The number of amides is 1. The maximum Gasteiger partial charge on any atom is 0.246 e. The van der Waals surface area contributed by atoms with Gasteiger partial charge in [-0.15, -0.1) is 0 Å². The van der Waals surface area contributed by atoms with Gasteiger partial charge in [0.25, 0.3) is 0 Å². The summed E-state index contributed by atoms with van der Waals surface area (Å²) in [5.41, 5.74) is 1.01. The average molecular weight is 251 g/mol. The zero-order valence-electron chi connectivity index (χ0n) is 11.2. The van der Waals surface area contributed by atoms with Gasteiger partial charge in [0.05, 0.1) is 13.2 Å². The molecule has 0 heterocycles. The van der Waals surface area contributed by atoms with E-state index in [4.69, 9.17) is 9.47 Å². The van der Waals surface area contributed by atoms with Gasteiger partial charge in [0, 0.05) is 6.61 Å². The third-order valence-corrected chi connectivity index (χ3v) is 2.55. The Balaban J connectivity index is 2.48. The Morgan fingerprint density at radius 2 is 2.22 bits per heavy atom. The van der Waals surface area contributed by atoms with Crippen molar-refractivity contribution in [2.24, 2.45) is 0 Å². The molecule has 18 heavy (non-hydrogen) atoms. The number of carbonyl (C=O) groups is 1. The molecule has 100 valence electrons. The summed E-state index contributed by atoms with van der Waals surface area (Å²) in [5, 5.41) is 2.89. The third kappa shape index (κ3) is 4.75. The Bertz CT molecular complexity index is 379. The second kappa shape index (κ2) is 7.71. The van der Waals surface area contributed by atoms with Crippen molar-refractivity contribution in [1.82, 2.24) is 5.32 Å². The van der Waals surface area contributed by atoms with Crippen LogP contribution in [0.1, 0.15) is 31.9 Å². The lowest BCUT2D eigenvalue weighted by Gasteiger charge is -2.15. The minimum absolute atomic E-state index is 0.0576. The first kappa shape index (κ1) is 14.5. The number of benzene rings is 1. The first-order valence-electron chi connectivity index (χ1n) is 6.18. The van der Waals surface area contributed by atoms with E-state index in [-0.39, 0.29) is 18.6 Å². The van der Waals surface area contributed by atoms with Crippen LogP contribution in [0.3, 0.4) is 0 Å². The Kier molecular flexibility index (Phi) is 6.22. The summed E-state index contributed by atoms with van der Waals surface area (Å²) in [6, 6.07) is 7.60. The molecule has 0 aliphatic rings. The lowest BCUT2D eigenvalue weighted by Crippen LogP contribution is -2.30. The van der Waals surface area contributed by atoms with Crippen molar-refractivity contribution < 1.29 is 14.3 Å². The molecule has 0 saturated heterocycles. The molecule has 1 aromatic rings. The maximum absolute atomic E-state index is 11.6. The molecule has 1 rings (SSSR count). The zero-order valence-corrected chi connectivity index (χ0v) is 11.2. The molecule has 0 bridgehead atoms. The second-order valence-corrected chi connectivity index (χ2v) is 4.12. The van der Waals surface area contributed by atoms with E-state index < -0.39 is 0 Å². The van der Waals surface area contributed by atoms with E-state index in [1.165, 1.54) is 0 Å². The Morgan fingerprint density at radius 3 is 2.89 bits per heavy atom. The van der Waals surface area contributed by atoms with E-state index in [9.17, 15) is 4.79 Å². The summed E-state index contributed by atoms with van der Waals surface area (Å²) in [6.07, 6.45) is 0.915. The van der Waals surface area contributed by atoms with Gasteiger partial charge >= 0.3 is 0 Å². The maximum atomic E-state index is 11.6. The van der Waals surface area contributed by atoms with Crippen LogP contribution >= 0.6 is 0 Å². The van der Waals surface area contributed by atoms with Crippen molar-refractivity contribution in [2.45, 2.75) is 26.3 Å². The topological polar surface area (TPSA) is 47.6 Å². The summed E-state index contributed by atoms with van der Waals surface area (Å²) in [6.45, 7) is 4.67. The van der Waals surface area contributed by atoms with Crippen LogP contribution in [0.5, 0.6) is 5.75 Å².